The molecule has 2 amide bonds. The second-order valence-corrected chi connectivity index (χ2v) is 6.21. The fourth-order valence-corrected chi connectivity index (χ4v) is 2.72. The van der Waals surface area contributed by atoms with Crippen LogP contribution in [0.1, 0.15) is 43.0 Å². The van der Waals surface area contributed by atoms with Crippen LogP contribution in [0.5, 0.6) is 0 Å². The Morgan fingerprint density at radius 3 is 2.54 bits per heavy atom. The molecule has 2 rings (SSSR count). The number of rotatable bonds is 9. The van der Waals surface area contributed by atoms with Crippen molar-refractivity contribution in [2.75, 3.05) is 13.1 Å². The van der Waals surface area contributed by atoms with E-state index in [0.717, 1.165) is 30.0 Å². The van der Waals surface area contributed by atoms with Crippen LogP contribution in [0.25, 0.3) is 10.8 Å². The number of nitrogens with two attached hydrogens (primary N) is 1. The van der Waals surface area contributed by atoms with Gasteiger partial charge in [0.2, 0.25) is 5.91 Å². The first-order chi connectivity index (χ1) is 12.1. The highest BCUT2D eigenvalue weighted by Crippen LogP contribution is 2.15. The van der Waals surface area contributed by atoms with Gasteiger partial charge in [0, 0.05) is 31.1 Å². The molecule has 142 valence electrons. The van der Waals surface area contributed by atoms with Crippen LogP contribution in [0.3, 0.4) is 0 Å². The molecule has 0 saturated carbocycles. The standard InChI is InChI=1S/C20H27N3O2.ClH/c1-2-3-8-18(14-21)23-19(24)11-12-22-20(25)17-10-9-15-6-4-5-7-16(15)13-17;/h4-7,9-10,13,18H,2-3,8,11-12,14,21H2,1H3,(H,22,25)(H,23,24);1H. The molecule has 0 heterocycles. The zero-order valence-electron chi connectivity index (χ0n) is 15.2. The van der Waals surface area contributed by atoms with Crippen molar-refractivity contribution in [2.45, 2.75) is 38.6 Å². The first-order valence-corrected chi connectivity index (χ1v) is 8.90. The maximum atomic E-state index is 12.2. The largest absolute Gasteiger partial charge is 0.352 e. The van der Waals surface area contributed by atoms with Crippen LogP contribution in [0.15, 0.2) is 42.5 Å². The van der Waals surface area contributed by atoms with E-state index in [1.54, 1.807) is 6.07 Å². The van der Waals surface area contributed by atoms with Crippen LogP contribution in [-0.4, -0.2) is 30.9 Å². The van der Waals surface area contributed by atoms with Gasteiger partial charge in [-0.1, -0.05) is 50.1 Å². The third-order valence-electron chi connectivity index (χ3n) is 4.21. The first kappa shape index (κ1) is 21.9. The van der Waals surface area contributed by atoms with Crippen molar-refractivity contribution >= 4 is 35.0 Å². The van der Waals surface area contributed by atoms with Crippen molar-refractivity contribution in [3.8, 4) is 0 Å². The van der Waals surface area contributed by atoms with E-state index < -0.39 is 0 Å². The normalized spacial score (nSPS) is 11.5. The van der Waals surface area contributed by atoms with Crippen LogP contribution in [0, 0.1) is 0 Å². The molecule has 0 aliphatic heterocycles. The number of amides is 2. The van der Waals surface area contributed by atoms with Gasteiger partial charge < -0.3 is 16.4 Å². The number of fused-ring (bicyclic) bond motifs is 1. The minimum Gasteiger partial charge on any atom is -0.352 e. The van der Waals surface area contributed by atoms with E-state index in [9.17, 15) is 9.59 Å². The molecule has 0 aromatic heterocycles. The third-order valence-corrected chi connectivity index (χ3v) is 4.21. The number of hydrogen-bond donors (Lipinski definition) is 3. The van der Waals surface area contributed by atoms with E-state index in [2.05, 4.69) is 17.6 Å². The average Bonchev–Trinajstić information content (AvgIpc) is 2.64. The highest BCUT2D eigenvalue weighted by atomic mass is 35.5. The molecule has 0 saturated heterocycles. The van der Waals surface area contributed by atoms with Crippen molar-refractivity contribution in [1.29, 1.82) is 0 Å². The molecule has 0 spiro atoms. The average molecular weight is 378 g/mol. The van der Waals surface area contributed by atoms with Crippen molar-refractivity contribution in [3.63, 3.8) is 0 Å². The molecule has 2 aromatic carbocycles. The van der Waals surface area contributed by atoms with Gasteiger partial charge in [0.25, 0.3) is 5.91 Å². The summed E-state index contributed by atoms with van der Waals surface area (Å²) < 4.78 is 0. The highest BCUT2D eigenvalue weighted by Gasteiger charge is 2.11. The topological polar surface area (TPSA) is 84.2 Å². The number of halogens is 1. The van der Waals surface area contributed by atoms with Crippen molar-refractivity contribution in [3.05, 3.63) is 48.0 Å². The van der Waals surface area contributed by atoms with Gasteiger partial charge in [0.1, 0.15) is 0 Å². The number of benzene rings is 2. The summed E-state index contributed by atoms with van der Waals surface area (Å²) in [6.45, 7) is 2.86. The summed E-state index contributed by atoms with van der Waals surface area (Å²) in [5.41, 5.74) is 6.27. The second-order valence-electron chi connectivity index (χ2n) is 6.21. The maximum absolute atomic E-state index is 12.2. The minimum atomic E-state index is -0.167. The maximum Gasteiger partial charge on any atom is 0.251 e. The molecule has 0 aliphatic carbocycles. The predicted octanol–water partition coefficient (Wildman–Crippen LogP) is 3.02. The lowest BCUT2D eigenvalue weighted by molar-refractivity contribution is -0.121. The Morgan fingerprint density at radius 2 is 1.85 bits per heavy atom. The minimum absolute atomic E-state index is 0. The van der Waals surface area contributed by atoms with Gasteiger partial charge in [0.05, 0.1) is 0 Å². The van der Waals surface area contributed by atoms with Crippen LogP contribution in [0.2, 0.25) is 0 Å². The Balaban J connectivity index is 0.00000338. The number of unbranched alkanes of at least 4 members (excludes halogenated alkanes) is 1. The first-order valence-electron chi connectivity index (χ1n) is 8.90. The van der Waals surface area contributed by atoms with E-state index >= 15 is 0 Å². The molecule has 5 nitrogen and oxygen atoms in total. The molecular formula is C20H28ClN3O2. The summed E-state index contributed by atoms with van der Waals surface area (Å²) in [5, 5.41) is 7.84. The number of hydrogen-bond acceptors (Lipinski definition) is 3. The Hall–Kier alpha value is -2.11. The van der Waals surface area contributed by atoms with Crippen molar-refractivity contribution in [1.82, 2.24) is 10.6 Å². The fourth-order valence-electron chi connectivity index (χ4n) is 2.72. The number of nitrogens with one attached hydrogen (secondary N) is 2. The summed E-state index contributed by atoms with van der Waals surface area (Å²) >= 11 is 0. The smallest absolute Gasteiger partial charge is 0.251 e. The van der Waals surface area contributed by atoms with E-state index in [-0.39, 0.29) is 36.7 Å². The molecule has 6 heteroatoms. The Bertz CT molecular complexity index is 721. The quantitative estimate of drug-likeness (QED) is 0.628. The lowest BCUT2D eigenvalue weighted by Gasteiger charge is -2.16. The van der Waals surface area contributed by atoms with Crippen molar-refractivity contribution < 1.29 is 9.59 Å². The Morgan fingerprint density at radius 1 is 1.12 bits per heavy atom. The molecule has 1 unspecified atom stereocenters. The van der Waals surface area contributed by atoms with Crippen LogP contribution >= 0.6 is 12.4 Å². The monoisotopic (exact) mass is 377 g/mol. The molecule has 4 N–H and O–H groups in total. The summed E-state index contributed by atoms with van der Waals surface area (Å²) in [4.78, 5) is 24.2. The van der Waals surface area contributed by atoms with Gasteiger partial charge in [-0.3, -0.25) is 9.59 Å². The van der Waals surface area contributed by atoms with E-state index in [1.807, 2.05) is 36.4 Å². The third kappa shape index (κ3) is 6.65. The van der Waals surface area contributed by atoms with E-state index in [1.165, 1.54) is 0 Å². The Labute approximate surface area is 161 Å². The summed E-state index contributed by atoms with van der Waals surface area (Å²) in [5.74, 6) is -0.245. The van der Waals surface area contributed by atoms with Gasteiger partial charge in [-0.2, -0.15) is 0 Å². The second kappa shape index (κ2) is 11.5. The SMILES string of the molecule is CCCCC(CN)NC(=O)CCNC(=O)c1ccc2ccccc2c1.Cl. The summed E-state index contributed by atoms with van der Waals surface area (Å²) in [7, 11) is 0. The molecule has 0 radical (unpaired) electrons. The van der Waals surface area contributed by atoms with Crippen LogP contribution in [-0.2, 0) is 4.79 Å². The van der Waals surface area contributed by atoms with E-state index in [0.29, 0.717) is 18.7 Å². The highest BCUT2D eigenvalue weighted by molar-refractivity contribution is 5.98. The summed E-state index contributed by atoms with van der Waals surface area (Å²) in [6.07, 6.45) is 3.26. The number of carbonyl (C=O) groups is 2. The van der Waals surface area contributed by atoms with Gasteiger partial charge in [-0.05, 0) is 29.3 Å². The molecule has 2 aromatic rings. The zero-order chi connectivity index (χ0) is 18.1. The van der Waals surface area contributed by atoms with E-state index in [4.69, 9.17) is 5.73 Å². The molecule has 1 atom stereocenters. The lowest BCUT2D eigenvalue weighted by atomic mass is 10.1. The van der Waals surface area contributed by atoms with Crippen molar-refractivity contribution in [2.24, 2.45) is 5.73 Å². The fraction of sp³-hybridized carbons (Fsp3) is 0.400. The zero-order valence-corrected chi connectivity index (χ0v) is 16.0. The molecule has 0 bridgehead atoms. The molecule has 26 heavy (non-hydrogen) atoms. The lowest BCUT2D eigenvalue weighted by Crippen LogP contribution is -2.41. The predicted molar refractivity (Wildman–Crippen MR) is 109 cm³/mol. The molecule has 0 fully saturated rings. The molecular weight excluding hydrogens is 350 g/mol. The van der Waals surface area contributed by atoms with Crippen LogP contribution in [0.4, 0.5) is 0 Å². The van der Waals surface area contributed by atoms with Crippen LogP contribution < -0.4 is 16.4 Å². The summed E-state index contributed by atoms with van der Waals surface area (Å²) in [6, 6.07) is 13.5. The van der Waals surface area contributed by atoms with Gasteiger partial charge in [0.15, 0.2) is 0 Å². The Kier molecular flexibility index (Phi) is 9.70. The number of carbonyl (C=O) groups excluding carboxylic acids is 2. The van der Waals surface area contributed by atoms with Gasteiger partial charge in [-0.15, -0.1) is 12.4 Å². The van der Waals surface area contributed by atoms with Gasteiger partial charge >= 0.3 is 0 Å². The molecule has 0 aliphatic rings. The van der Waals surface area contributed by atoms with Gasteiger partial charge in [-0.25, -0.2) is 0 Å².